The van der Waals surface area contributed by atoms with Crippen molar-refractivity contribution in [3.8, 4) is 0 Å². The molecule has 2 heterocycles. The summed E-state index contributed by atoms with van der Waals surface area (Å²) >= 11 is 0. The molecule has 0 bridgehead atoms. The van der Waals surface area contributed by atoms with Gasteiger partial charge in [-0.2, -0.15) is 0 Å². The van der Waals surface area contributed by atoms with Crippen molar-refractivity contribution in [2.45, 2.75) is 13.5 Å². The Balaban J connectivity index is 1.78. The number of fused-ring (bicyclic) bond motifs is 1. The quantitative estimate of drug-likeness (QED) is 0.622. The van der Waals surface area contributed by atoms with Crippen LogP contribution in [-0.4, -0.2) is 10.8 Å². The van der Waals surface area contributed by atoms with Crippen molar-refractivity contribution < 1.29 is 8.78 Å². The van der Waals surface area contributed by atoms with E-state index in [2.05, 4.69) is 9.98 Å². The number of benzene rings is 2. The van der Waals surface area contributed by atoms with Gasteiger partial charge in [-0.1, -0.05) is 18.2 Å². The molecule has 0 fully saturated rings. The Bertz CT molecular complexity index is 1060. The Morgan fingerprint density at radius 2 is 1.81 bits per heavy atom. The molecule has 0 radical (unpaired) electrons. The van der Waals surface area contributed by atoms with E-state index in [0.29, 0.717) is 29.3 Å². The molecule has 27 heavy (non-hydrogen) atoms. The van der Waals surface area contributed by atoms with Gasteiger partial charge in [-0.3, -0.25) is 4.98 Å². The highest BCUT2D eigenvalue weighted by Crippen LogP contribution is 2.31. The summed E-state index contributed by atoms with van der Waals surface area (Å²) in [5.74, 6) is -0.116. The van der Waals surface area contributed by atoms with E-state index in [1.165, 1.54) is 18.2 Å². The lowest BCUT2D eigenvalue weighted by molar-refractivity contribution is 0.621. The van der Waals surface area contributed by atoms with Crippen LogP contribution in [0.4, 0.5) is 20.2 Å². The van der Waals surface area contributed by atoms with E-state index in [1.807, 2.05) is 31.2 Å². The number of aliphatic imine (C=N–C) groups is 1. The zero-order valence-electron chi connectivity index (χ0n) is 14.7. The van der Waals surface area contributed by atoms with Crippen molar-refractivity contribution >= 4 is 23.3 Å². The first kappa shape index (κ1) is 17.1. The third-order valence-electron chi connectivity index (χ3n) is 4.34. The molecule has 3 nitrogen and oxygen atoms in total. The lowest BCUT2D eigenvalue weighted by Gasteiger charge is -2.29. The molecule has 0 atom stereocenters. The Labute approximate surface area is 156 Å². The maximum atomic E-state index is 14.4. The van der Waals surface area contributed by atoms with Gasteiger partial charge in [0.1, 0.15) is 17.5 Å². The molecule has 4 rings (SSSR count). The summed E-state index contributed by atoms with van der Waals surface area (Å²) in [6.07, 6.45) is 3.65. The normalized spacial score (nSPS) is 13.6. The number of nitrogens with zero attached hydrogens (tertiary/aromatic N) is 3. The van der Waals surface area contributed by atoms with Gasteiger partial charge in [-0.25, -0.2) is 13.8 Å². The van der Waals surface area contributed by atoms with E-state index in [9.17, 15) is 8.78 Å². The van der Waals surface area contributed by atoms with Crippen molar-refractivity contribution in [2.24, 2.45) is 4.99 Å². The highest BCUT2D eigenvalue weighted by atomic mass is 19.1. The number of pyridine rings is 1. The minimum Gasteiger partial charge on any atom is -0.319 e. The fourth-order valence-corrected chi connectivity index (χ4v) is 3.05. The fourth-order valence-electron chi connectivity index (χ4n) is 3.05. The van der Waals surface area contributed by atoms with Crippen LogP contribution in [0.5, 0.6) is 0 Å². The molecular weight excluding hydrogens is 344 g/mol. The molecule has 0 aliphatic carbocycles. The van der Waals surface area contributed by atoms with Crippen LogP contribution in [-0.2, 0) is 6.54 Å². The number of para-hydroxylation sites is 1. The van der Waals surface area contributed by atoms with E-state index in [-0.39, 0.29) is 11.6 Å². The highest BCUT2D eigenvalue weighted by Gasteiger charge is 2.22. The smallest absolute Gasteiger partial charge is 0.146 e. The molecule has 5 heteroatoms. The molecule has 2 aromatic carbocycles. The van der Waals surface area contributed by atoms with Crippen molar-refractivity contribution in [3.05, 3.63) is 95.3 Å². The van der Waals surface area contributed by atoms with Gasteiger partial charge in [-0.05, 0) is 61.5 Å². The van der Waals surface area contributed by atoms with Crippen LogP contribution in [0.3, 0.4) is 0 Å². The Kier molecular flexibility index (Phi) is 4.50. The Hall–Kier alpha value is -3.34. The van der Waals surface area contributed by atoms with E-state index in [1.54, 1.807) is 35.2 Å². The largest absolute Gasteiger partial charge is 0.319 e. The van der Waals surface area contributed by atoms with Crippen LogP contribution < -0.4 is 4.90 Å². The molecule has 1 aliphatic rings. The van der Waals surface area contributed by atoms with Gasteiger partial charge in [0.2, 0.25) is 0 Å². The number of hydrogen-bond acceptors (Lipinski definition) is 3. The molecule has 0 saturated carbocycles. The first-order chi connectivity index (χ1) is 13.1. The summed E-state index contributed by atoms with van der Waals surface area (Å²) in [7, 11) is 0. The number of amidine groups is 1. The Morgan fingerprint density at radius 1 is 0.963 bits per heavy atom. The van der Waals surface area contributed by atoms with Gasteiger partial charge in [0.15, 0.2) is 0 Å². The molecular formula is C22H17F2N3. The lowest BCUT2D eigenvalue weighted by atomic mass is 10.1. The first-order valence-electron chi connectivity index (χ1n) is 8.61. The van der Waals surface area contributed by atoms with Crippen LogP contribution in [0.25, 0.3) is 6.08 Å². The van der Waals surface area contributed by atoms with Crippen LogP contribution in [0.2, 0.25) is 0 Å². The number of aryl methyl sites for hydroxylation is 1. The van der Waals surface area contributed by atoms with Gasteiger partial charge in [0.05, 0.1) is 23.6 Å². The number of anilines is 1. The van der Waals surface area contributed by atoms with Crippen LogP contribution in [0.1, 0.15) is 17.0 Å². The van der Waals surface area contributed by atoms with Gasteiger partial charge in [-0.15, -0.1) is 0 Å². The molecule has 1 aromatic heterocycles. The second-order valence-electron chi connectivity index (χ2n) is 6.32. The first-order valence-corrected chi connectivity index (χ1v) is 8.61. The van der Waals surface area contributed by atoms with Crippen molar-refractivity contribution in [2.75, 3.05) is 4.90 Å². The van der Waals surface area contributed by atoms with E-state index < -0.39 is 0 Å². The van der Waals surface area contributed by atoms with Gasteiger partial charge < -0.3 is 4.90 Å². The SMILES string of the molecule is Cc1cccc(C=CC2=Nc3ccc(F)cc3CN2c2ccccc2F)n1. The molecule has 3 aromatic rings. The maximum absolute atomic E-state index is 14.4. The summed E-state index contributed by atoms with van der Waals surface area (Å²) in [6.45, 7) is 2.25. The zero-order valence-corrected chi connectivity index (χ0v) is 14.7. The minimum absolute atomic E-state index is 0.332. The van der Waals surface area contributed by atoms with Crippen molar-refractivity contribution in [1.82, 2.24) is 4.98 Å². The van der Waals surface area contributed by atoms with Crippen LogP contribution in [0, 0.1) is 18.6 Å². The summed E-state index contributed by atoms with van der Waals surface area (Å²) in [6, 6.07) is 16.7. The molecule has 0 amide bonds. The molecule has 0 unspecified atom stereocenters. The predicted molar refractivity (Wildman–Crippen MR) is 104 cm³/mol. The molecule has 134 valence electrons. The standard InChI is InChI=1S/C22H17F2N3/c1-15-5-4-6-18(25-15)10-12-22-26-20-11-9-17(23)13-16(20)14-27(22)21-8-3-2-7-19(21)24/h2-13H,14H2,1H3. The summed E-state index contributed by atoms with van der Waals surface area (Å²) in [5.41, 5.74) is 3.49. The van der Waals surface area contributed by atoms with Crippen LogP contribution >= 0.6 is 0 Å². The summed E-state index contributed by atoms with van der Waals surface area (Å²) in [4.78, 5) is 10.8. The average molecular weight is 361 g/mol. The fraction of sp³-hybridized carbons (Fsp3) is 0.0909. The number of rotatable bonds is 3. The monoisotopic (exact) mass is 361 g/mol. The maximum Gasteiger partial charge on any atom is 0.146 e. The third kappa shape index (κ3) is 3.62. The van der Waals surface area contributed by atoms with Gasteiger partial charge in [0.25, 0.3) is 0 Å². The molecule has 1 aliphatic heterocycles. The third-order valence-corrected chi connectivity index (χ3v) is 4.34. The predicted octanol–water partition coefficient (Wildman–Crippen LogP) is 5.43. The molecule has 0 spiro atoms. The number of halogens is 2. The number of aromatic nitrogens is 1. The number of hydrogen-bond donors (Lipinski definition) is 0. The topological polar surface area (TPSA) is 28.5 Å². The average Bonchev–Trinajstić information content (AvgIpc) is 2.66. The van der Waals surface area contributed by atoms with Crippen molar-refractivity contribution in [1.29, 1.82) is 0 Å². The van der Waals surface area contributed by atoms with E-state index >= 15 is 0 Å². The summed E-state index contributed by atoms with van der Waals surface area (Å²) in [5, 5.41) is 0. The second-order valence-corrected chi connectivity index (χ2v) is 6.32. The van der Waals surface area contributed by atoms with E-state index in [4.69, 9.17) is 0 Å². The van der Waals surface area contributed by atoms with Crippen LogP contribution in [0.15, 0.2) is 71.7 Å². The highest BCUT2D eigenvalue weighted by molar-refractivity contribution is 6.10. The lowest BCUT2D eigenvalue weighted by Crippen LogP contribution is -2.32. The van der Waals surface area contributed by atoms with E-state index in [0.717, 1.165) is 11.4 Å². The van der Waals surface area contributed by atoms with Crippen molar-refractivity contribution in [3.63, 3.8) is 0 Å². The van der Waals surface area contributed by atoms with Gasteiger partial charge in [0, 0.05) is 11.3 Å². The molecule has 0 N–H and O–H groups in total. The zero-order chi connectivity index (χ0) is 18.8. The Morgan fingerprint density at radius 3 is 2.63 bits per heavy atom. The minimum atomic E-state index is -0.355. The van der Waals surface area contributed by atoms with Gasteiger partial charge >= 0.3 is 0 Å². The second kappa shape index (κ2) is 7.11. The molecule has 0 saturated heterocycles. The summed E-state index contributed by atoms with van der Waals surface area (Å²) < 4.78 is 28.1.